The molecule has 7 heteroatoms. The Morgan fingerprint density at radius 2 is 1.91 bits per heavy atom. The summed E-state index contributed by atoms with van der Waals surface area (Å²) in [4.78, 5) is 1.21. The Kier molecular flexibility index (Phi) is 4.12. The molecule has 1 aliphatic rings. The third-order valence-electron chi connectivity index (χ3n) is 3.69. The Hall–Kier alpha value is -1.57. The van der Waals surface area contributed by atoms with Gasteiger partial charge in [-0.15, -0.1) is 11.3 Å². The largest absolute Gasteiger partial charge is 0.486 e. The molecule has 0 spiro atoms. The molecule has 0 saturated heterocycles. The minimum Gasteiger partial charge on any atom is -0.486 e. The van der Waals surface area contributed by atoms with Crippen molar-refractivity contribution in [3.8, 4) is 11.5 Å². The molecule has 0 bridgehead atoms. The summed E-state index contributed by atoms with van der Waals surface area (Å²) in [7, 11) is -2.00. The molecule has 3 rings (SSSR count). The summed E-state index contributed by atoms with van der Waals surface area (Å²) in [6.07, 6.45) is 0. The Morgan fingerprint density at radius 3 is 2.59 bits per heavy atom. The van der Waals surface area contributed by atoms with Crippen molar-refractivity contribution in [2.75, 3.05) is 20.3 Å². The summed E-state index contributed by atoms with van der Waals surface area (Å²) < 4.78 is 37.8. The first kappa shape index (κ1) is 15.3. The van der Waals surface area contributed by atoms with Crippen LogP contribution in [0.1, 0.15) is 17.8 Å². The van der Waals surface area contributed by atoms with Gasteiger partial charge in [-0.2, -0.15) is 4.31 Å². The molecular formula is C15H17NO4S2. The fourth-order valence-electron chi connectivity index (χ4n) is 2.27. The number of nitrogens with zero attached hydrogens (tertiary/aromatic N) is 1. The van der Waals surface area contributed by atoms with Crippen LogP contribution in [-0.4, -0.2) is 33.0 Å². The van der Waals surface area contributed by atoms with Gasteiger partial charge in [-0.1, -0.05) is 6.07 Å². The van der Waals surface area contributed by atoms with Gasteiger partial charge in [0.1, 0.15) is 13.2 Å². The van der Waals surface area contributed by atoms with E-state index in [-0.39, 0.29) is 10.9 Å². The maximum atomic E-state index is 12.8. The first-order chi connectivity index (χ1) is 10.5. The molecule has 5 nitrogen and oxygen atoms in total. The molecule has 0 radical (unpaired) electrons. The normalized spacial score (nSPS) is 15.8. The van der Waals surface area contributed by atoms with Crippen LogP contribution in [0.15, 0.2) is 40.6 Å². The van der Waals surface area contributed by atoms with E-state index in [4.69, 9.17) is 9.47 Å². The molecule has 0 saturated carbocycles. The number of thiophene rings is 1. The molecule has 1 atom stereocenters. The second-order valence-corrected chi connectivity index (χ2v) is 7.99. The van der Waals surface area contributed by atoms with Crippen LogP contribution in [-0.2, 0) is 10.0 Å². The molecule has 1 aromatic heterocycles. The van der Waals surface area contributed by atoms with Crippen molar-refractivity contribution in [3.63, 3.8) is 0 Å². The molecule has 1 aromatic carbocycles. The summed E-state index contributed by atoms with van der Waals surface area (Å²) in [5.74, 6) is 1.06. The zero-order valence-corrected chi connectivity index (χ0v) is 14.0. The van der Waals surface area contributed by atoms with Gasteiger partial charge in [0.25, 0.3) is 0 Å². The SMILES string of the molecule is C[C@@H](c1cccs1)N(C)S(=O)(=O)c1ccc2c(c1)OCCO2. The molecule has 22 heavy (non-hydrogen) atoms. The lowest BCUT2D eigenvalue weighted by Crippen LogP contribution is -2.29. The van der Waals surface area contributed by atoms with Crippen LogP contribution in [0.5, 0.6) is 11.5 Å². The molecule has 0 unspecified atom stereocenters. The quantitative estimate of drug-likeness (QED) is 0.859. The van der Waals surface area contributed by atoms with Crippen LogP contribution in [0.25, 0.3) is 0 Å². The molecule has 0 fully saturated rings. The minimum atomic E-state index is -3.59. The van der Waals surface area contributed by atoms with Crippen molar-refractivity contribution in [1.29, 1.82) is 0 Å². The fraction of sp³-hybridized carbons (Fsp3) is 0.333. The van der Waals surface area contributed by atoms with Crippen LogP contribution < -0.4 is 9.47 Å². The third kappa shape index (κ3) is 2.71. The summed E-state index contributed by atoms with van der Waals surface area (Å²) in [6, 6.07) is 8.36. The minimum absolute atomic E-state index is 0.211. The topological polar surface area (TPSA) is 55.8 Å². The maximum absolute atomic E-state index is 12.8. The van der Waals surface area contributed by atoms with E-state index < -0.39 is 10.0 Å². The maximum Gasteiger partial charge on any atom is 0.243 e. The lowest BCUT2D eigenvalue weighted by molar-refractivity contribution is 0.171. The standard InChI is InChI=1S/C15H17NO4S2/c1-11(15-4-3-9-21-15)16(2)22(17,18)12-5-6-13-14(10-12)20-8-7-19-13/h3-6,9-11H,7-8H2,1-2H3/t11-/m0/s1. The van der Waals surface area contributed by atoms with Gasteiger partial charge in [0.05, 0.1) is 10.9 Å². The van der Waals surface area contributed by atoms with E-state index in [1.807, 2.05) is 24.4 Å². The second-order valence-electron chi connectivity index (χ2n) is 5.02. The molecular weight excluding hydrogens is 322 g/mol. The third-order valence-corrected chi connectivity index (χ3v) is 6.66. The van der Waals surface area contributed by atoms with Crippen LogP contribution >= 0.6 is 11.3 Å². The Labute approximate surface area is 134 Å². The highest BCUT2D eigenvalue weighted by Crippen LogP contribution is 2.35. The highest BCUT2D eigenvalue weighted by atomic mass is 32.2. The van der Waals surface area contributed by atoms with E-state index in [0.717, 1.165) is 4.88 Å². The number of benzene rings is 1. The summed E-state index contributed by atoms with van der Waals surface area (Å²) in [6.45, 7) is 2.79. The number of ether oxygens (including phenoxy) is 2. The lowest BCUT2D eigenvalue weighted by atomic mass is 10.3. The number of hydrogen-bond acceptors (Lipinski definition) is 5. The number of fused-ring (bicyclic) bond motifs is 1. The number of rotatable bonds is 4. The molecule has 2 aromatic rings. The van der Waals surface area contributed by atoms with E-state index in [1.54, 1.807) is 30.5 Å². The number of hydrogen-bond donors (Lipinski definition) is 0. The average molecular weight is 339 g/mol. The van der Waals surface area contributed by atoms with Crippen molar-refractivity contribution in [1.82, 2.24) is 4.31 Å². The molecule has 0 aliphatic carbocycles. The summed E-state index contributed by atoms with van der Waals surface area (Å²) in [5.41, 5.74) is 0. The van der Waals surface area contributed by atoms with Crippen LogP contribution in [0.2, 0.25) is 0 Å². The van der Waals surface area contributed by atoms with Gasteiger partial charge in [-0.25, -0.2) is 8.42 Å². The lowest BCUT2D eigenvalue weighted by Gasteiger charge is -2.24. The van der Waals surface area contributed by atoms with Crippen molar-refractivity contribution >= 4 is 21.4 Å². The van der Waals surface area contributed by atoms with Gasteiger partial charge in [-0.3, -0.25) is 0 Å². The van der Waals surface area contributed by atoms with Gasteiger partial charge < -0.3 is 9.47 Å². The molecule has 0 N–H and O–H groups in total. The molecule has 118 valence electrons. The van der Waals surface area contributed by atoms with E-state index in [0.29, 0.717) is 24.7 Å². The fourth-order valence-corrected chi connectivity index (χ4v) is 4.52. The predicted octanol–water partition coefficient (Wildman–Crippen LogP) is 2.90. The van der Waals surface area contributed by atoms with Crippen molar-refractivity contribution < 1.29 is 17.9 Å². The van der Waals surface area contributed by atoms with E-state index >= 15 is 0 Å². The van der Waals surface area contributed by atoms with Crippen molar-refractivity contribution in [2.45, 2.75) is 17.9 Å². The van der Waals surface area contributed by atoms with E-state index in [1.165, 1.54) is 10.4 Å². The van der Waals surface area contributed by atoms with E-state index in [2.05, 4.69) is 0 Å². The first-order valence-electron chi connectivity index (χ1n) is 6.91. The van der Waals surface area contributed by atoms with Gasteiger partial charge in [-0.05, 0) is 30.5 Å². The zero-order chi connectivity index (χ0) is 15.7. The van der Waals surface area contributed by atoms with Gasteiger partial charge in [0, 0.05) is 18.0 Å². The monoisotopic (exact) mass is 339 g/mol. The summed E-state index contributed by atoms with van der Waals surface area (Å²) in [5, 5.41) is 1.94. The number of sulfonamides is 1. The molecule has 1 aliphatic heterocycles. The van der Waals surface area contributed by atoms with Crippen molar-refractivity contribution in [2.24, 2.45) is 0 Å². The molecule has 0 amide bonds. The van der Waals surface area contributed by atoms with Gasteiger partial charge in [0.2, 0.25) is 10.0 Å². The zero-order valence-electron chi connectivity index (χ0n) is 12.4. The van der Waals surface area contributed by atoms with Gasteiger partial charge in [0.15, 0.2) is 11.5 Å². The van der Waals surface area contributed by atoms with Crippen LogP contribution in [0.3, 0.4) is 0 Å². The van der Waals surface area contributed by atoms with Crippen LogP contribution in [0, 0.1) is 0 Å². The van der Waals surface area contributed by atoms with E-state index in [9.17, 15) is 8.42 Å². The average Bonchev–Trinajstić information content (AvgIpc) is 3.07. The Bertz CT molecular complexity index is 756. The van der Waals surface area contributed by atoms with Crippen LogP contribution in [0.4, 0.5) is 0 Å². The van der Waals surface area contributed by atoms with Crippen molar-refractivity contribution in [3.05, 3.63) is 40.6 Å². The molecule has 2 heterocycles. The Morgan fingerprint density at radius 1 is 1.18 bits per heavy atom. The first-order valence-corrected chi connectivity index (χ1v) is 9.23. The second kappa shape index (κ2) is 5.91. The van der Waals surface area contributed by atoms with Gasteiger partial charge >= 0.3 is 0 Å². The predicted molar refractivity (Wildman–Crippen MR) is 85.1 cm³/mol. The highest BCUT2D eigenvalue weighted by molar-refractivity contribution is 7.89. The smallest absolute Gasteiger partial charge is 0.243 e. The Balaban J connectivity index is 1.92. The summed E-state index contributed by atoms with van der Waals surface area (Å²) >= 11 is 1.54. The highest BCUT2D eigenvalue weighted by Gasteiger charge is 2.28.